The van der Waals surface area contributed by atoms with Crippen LogP contribution in [0.2, 0.25) is 0 Å². The van der Waals surface area contributed by atoms with Crippen molar-refractivity contribution in [3.05, 3.63) is 40.4 Å². The molecule has 1 saturated heterocycles. The molecule has 1 aliphatic rings. The predicted octanol–water partition coefficient (Wildman–Crippen LogP) is 2.07. The summed E-state index contributed by atoms with van der Waals surface area (Å²) in [5.74, 6) is -0.947. The number of hydrogen-bond donors (Lipinski definition) is 1. The lowest BCUT2D eigenvalue weighted by atomic mass is 10.2. The molecule has 2 amide bonds. The van der Waals surface area contributed by atoms with E-state index < -0.39 is 5.91 Å². The van der Waals surface area contributed by atoms with Gasteiger partial charge in [0.2, 0.25) is 5.91 Å². The van der Waals surface area contributed by atoms with Gasteiger partial charge in [-0.05, 0) is 25.5 Å². The lowest BCUT2D eigenvalue weighted by molar-refractivity contribution is -0.117. The van der Waals surface area contributed by atoms with Gasteiger partial charge in [-0.15, -0.1) is 0 Å². The van der Waals surface area contributed by atoms with Crippen molar-refractivity contribution in [1.82, 2.24) is 0 Å². The summed E-state index contributed by atoms with van der Waals surface area (Å²) < 4.78 is 0. The molecule has 0 radical (unpaired) electrons. The molecule has 108 valence electrons. The Hall–Kier alpha value is -2.26. The highest BCUT2D eigenvalue weighted by Crippen LogP contribution is 2.41. The van der Waals surface area contributed by atoms with E-state index in [2.05, 4.69) is 0 Å². The van der Waals surface area contributed by atoms with Gasteiger partial charge >= 0.3 is 0 Å². The van der Waals surface area contributed by atoms with E-state index in [0.717, 1.165) is 5.56 Å². The van der Waals surface area contributed by atoms with Crippen molar-refractivity contribution in [2.45, 2.75) is 25.5 Å². The highest BCUT2D eigenvalue weighted by Gasteiger charge is 2.39. The van der Waals surface area contributed by atoms with Crippen LogP contribution in [-0.2, 0) is 9.59 Å². The first-order valence-corrected chi connectivity index (χ1v) is 7.39. The highest BCUT2D eigenvalue weighted by atomic mass is 32.2. The van der Waals surface area contributed by atoms with Gasteiger partial charge in [-0.2, -0.15) is 5.26 Å². The molecule has 6 heteroatoms. The Balaban J connectivity index is 2.58. The molecule has 0 unspecified atom stereocenters. The van der Waals surface area contributed by atoms with E-state index in [0.29, 0.717) is 17.1 Å². The van der Waals surface area contributed by atoms with Gasteiger partial charge in [0.25, 0.3) is 5.91 Å². The standard InChI is InChI=1S/C15H15N3O2S/c1-3-12-14(20)18(10-6-4-9(2)5-7-10)15(21-12)11(8-16)13(17)19/h4-7,12H,3H2,1-2H3,(H2,17,19)/b15-11+/t12-/m0/s1. The molecule has 1 fully saturated rings. The number of nitriles is 1. The van der Waals surface area contributed by atoms with Crippen LogP contribution in [0.25, 0.3) is 0 Å². The molecule has 1 heterocycles. The van der Waals surface area contributed by atoms with Crippen molar-refractivity contribution >= 4 is 29.3 Å². The number of aryl methyl sites for hydroxylation is 1. The quantitative estimate of drug-likeness (QED) is 0.684. The lowest BCUT2D eigenvalue weighted by Crippen LogP contribution is -2.29. The molecular formula is C15H15N3O2S. The van der Waals surface area contributed by atoms with Crippen LogP contribution in [0.15, 0.2) is 34.9 Å². The number of benzene rings is 1. The Kier molecular flexibility index (Phi) is 4.34. The van der Waals surface area contributed by atoms with Gasteiger partial charge in [-0.25, -0.2) is 0 Å². The van der Waals surface area contributed by atoms with Gasteiger partial charge in [0.15, 0.2) is 0 Å². The van der Waals surface area contributed by atoms with Crippen molar-refractivity contribution in [2.24, 2.45) is 5.73 Å². The molecule has 0 spiro atoms. The number of hydrogen-bond acceptors (Lipinski definition) is 4. The second kappa shape index (κ2) is 6.02. The number of primary amides is 1. The zero-order valence-corrected chi connectivity index (χ0v) is 12.6. The number of thioether (sulfide) groups is 1. The number of nitrogens with two attached hydrogens (primary N) is 1. The molecule has 2 N–H and O–H groups in total. The van der Waals surface area contributed by atoms with Crippen molar-refractivity contribution in [2.75, 3.05) is 4.90 Å². The molecule has 0 aliphatic carbocycles. The minimum absolute atomic E-state index is 0.129. The third-order valence-electron chi connectivity index (χ3n) is 3.19. The maximum absolute atomic E-state index is 12.5. The van der Waals surface area contributed by atoms with E-state index in [-0.39, 0.29) is 16.7 Å². The molecule has 1 aliphatic heterocycles. The maximum atomic E-state index is 12.5. The second-order valence-electron chi connectivity index (χ2n) is 4.68. The number of carbonyl (C=O) groups is 2. The van der Waals surface area contributed by atoms with Gasteiger partial charge in [0.05, 0.1) is 5.25 Å². The molecule has 1 atom stereocenters. The first kappa shape index (κ1) is 15.1. The average Bonchev–Trinajstić information content (AvgIpc) is 2.77. The smallest absolute Gasteiger partial charge is 0.262 e. The van der Waals surface area contributed by atoms with Crippen LogP contribution in [0.4, 0.5) is 5.69 Å². The summed E-state index contributed by atoms with van der Waals surface area (Å²) in [7, 11) is 0. The average molecular weight is 301 g/mol. The fourth-order valence-electron chi connectivity index (χ4n) is 2.06. The number of anilines is 1. The summed E-state index contributed by atoms with van der Waals surface area (Å²) in [6.07, 6.45) is 0.618. The Labute approximate surface area is 127 Å². The fourth-order valence-corrected chi connectivity index (χ4v) is 3.26. The first-order chi connectivity index (χ1) is 9.99. The number of amides is 2. The van der Waals surface area contributed by atoms with Crippen LogP contribution < -0.4 is 10.6 Å². The van der Waals surface area contributed by atoms with Crippen LogP contribution in [0.1, 0.15) is 18.9 Å². The van der Waals surface area contributed by atoms with Crippen molar-refractivity contribution in [3.8, 4) is 6.07 Å². The number of carbonyl (C=O) groups excluding carboxylic acids is 2. The van der Waals surface area contributed by atoms with Crippen molar-refractivity contribution in [1.29, 1.82) is 5.26 Å². The minimum atomic E-state index is -0.818. The highest BCUT2D eigenvalue weighted by molar-refractivity contribution is 8.05. The van der Waals surface area contributed by atoms with E-state index in [4.69, 9.17) is 11.0 Å². The van der Waals surface area contributed by atoms with E-state index in [1.807, 2.05) is 32.0 Å². The molecule has 0 bridgehead atoms. The molecule has 1 aromatic carbocycles. The normalized spacial score (nSPS) is 20.3. The molecular weight excluding hydrogens is 286 g/mol. The third kappa shape index (κ3) is 2.78. The molecule has 0 saturated carbocycles. The van der Waals surface area contributed by atoms with E-state index in [1.165, 1.54) is 16.7 Å². The SMILES string of the molecule is CC[C@@H]1S/C(=C(\C#N)C(N)=O)N(c2ccc(C)cc2)C1=O. The number of nitrogens with zero attached hydrogens (tertiary/aromatic N) is 2. The summed E-state index contributed by atoms with van der Waals surface area (Å²) in [6.45, 7) is 3.84. The van der Waals surface area contributed by atoms with E-state index in [1.54, 1.807) is 12.1 Å². The Morgan fingerprint density at radius 3 is 2.52 bits per heavy atom. The van der Waals surface area contributed by atoms with Gasteiger partial charge < -0.3 is 5.73 Å². The van der Waals surface area contributed by atoms with Crippen LogP contribution in [0.3, 0.4) is 0 Å². The Bertz CT molecular complexity index is 658. The summed E-state index contributed by atoms with van der Waals surface area (Å²) in [6, 6.07) is 9.15. The Morgan fingerprint density at radius 1 is 1.43 bits per heavy atom. The van der Waals surface area contributed by atoms with Gasteiger partial charge in [0, 0.05) is 5.69 Å². The van der Waals surface area contributed by atoms with Crippen LogP contribution >= 0.6 is 11.8 Å². The van der Waals surface area contributed by atoms with Gasteiger partial charge in [-0.1, -0.05) is 36.4 Å². The maximum Gasteiger partial charge on any atom is 0.262 e. The van der Waals surface area contributed by atoms with Crippen LogP contribution in [0, 0.1) is 18.3 Å². The zero-order valence-electron chi connectivity index (χ0n) is 11.8. The minimum Gasteiger partial charge on any atom is -0.365 e. The molecule has 21 heavy (non-hydrogen) atoms. The van der Waals surface area contributed by atoms with E-state index in [9.17, 15) is 9.59 Å². The summed E-state index contributed by atoms with van der Waals surface area (Å²) >= 11 is 1.22. The Morgan fingerprint density at radius 2 is 2.05 bits per heavy atom. The monoisotopic (exact) mass is 301 g/mol. The molecule has 5 nitrogen and oxygen atoms in total. The molecule has 1 aromatic rings. The second-order valence-corrected chi connectivity index (χ2v) is 5.87. The van der Waals surface area contributed by atoms with Crippen LogP contribution in [-0.4, -0.2) is 17.1 Å². The summed E-state index contributed by atoms with van der Waals surface area (Å²) in [5, 5.41) is 9.17. The topological polar surface area (TPSA) is 87.2 Å². The first-order valence-electron chi connectivity index (χ1n) is 6.51. The summed E-state index contributed by atoms with van der Waals surface area (Å²) in [5.41, 5.74) is 6.78. The van der Waals surface area contributed by atoms with E-state index >= 15 is 0 Å². The third-order valence-corrected chi connectivity index (χ3v) is 4.62. The molecule has 0 aromatic heterocycles. The molecule has 2 rings (SSSR count). The van der Waals surface area contributed by atoms with Gasteiger partial charge in [-0.3, -0.25) is 14.5 Å². The predicted molar refractivity (Wildman–Crippen MR) is 82.2 cm³/mol. The summed E-state index contributed by atoms with van der Waals surface area (Å²) in [4.78, 5) is 25.3. The lowest BCUT2D eigenvalue weighted by Gasteiger charge is -2.18. The van der Waals surface area contributed by atoms with Gasteiger partial charge in [0.1, 0.15) is 16.7 Å². The van der Waals surface area contributed by atoms with Crippen LogP contribution in [0.5, 0.6) is 0 Å². The largest absolute Gasteiger partial charge is 0.365 e. The van der Waals surface area contributed by atoms with Crippen molar-refractivity contribution in [3.63, 3.8) is 0 Å². The van der Waals surface area contributed by atoms with Crippen molar-refractivity contribution < 1.29 is 9.59 Å². The zero-order chi connectivity index (χ0) is 15.6. The number of rotatable bonds is 3. The fraction of sp³-hybridized carbons (Fsp3) is 0.267.